The predicted octanol–water partition coefficient (Wildman–Crippen LogP) is 0.222. The molecule has 1 aliphatic rings. The van der Waals surface area contributed by atoms with Crippen molar-refractivity contribution in [2.24, 2.45) is 0 Å². The molecule has 1 radical (unpaired) electrons. The quantitative estimate of drug-likeness (QED) is 0.452. The summed E-state index contributed by atoms with van der Waals surface area (Å²) in [4.78, 5) is 14.3. The monoisotopic (exact) mass is 544 g/mol. The molecule has 4 rings (SSSR count). The zero-order valence-corrected chi connectivity index (χ0v) is 17.2. The molecule has 1 unspecified atom stereocenters. The minimum Gasteiger partial charge on any atom is -0.427 e. The van der Waals surface area contributed by atoms with Gasteiger partial charge in [0.2, 0.25) is 0 Å². The van der Waals surface area contributed by atoms with Gasteiger partial charge in [-0.1, -0.05) is 0 Å². The Labute approximate surface area is 165 Å². The third-order valence-electron chi connectivity index (χ3n) is 3.36. The van der Waals surface area contributed by atoms with Crippen LogP contribution in [0, 0.1) is 6.33 Å². The fraction of sp³-hybridized carbons (Fsp3) is 0.364. The van der Waals surface area contributed by atoms with Crippen LogP contribution in [-0.2, 0) is 53.8 Å². The Morgan fingerprint density at radius 2 is 2.32 bits per heavy atom. The van der Waals surface area contributed by atoms with Crippen LogP contribution in [-0.4, -0.2) is 49.4 Å². The molecular formula is C11H11N8OWY-. The van der Waals surface area contributed by atoms with E-state index in [4.69, 9.17) is 4.52 Å². The van der Waals surface area contributed by atoms with Crippen LogP contribution in [0.15, 0.2) is 17.0 Å². The van der Waals surface area contributed by atoms with Crippen LogP contribution in [0.25, 0.3) is 11.0 Å². The van der Waals surface area contributed by atoms with E-state index in [9.17, 15) is 0 Å². The minimum absolute atomic E-state index is 0. The number of aromatic nitrogens is 6. The molecule has 3 aromatic rings. The molecule has 1 atom stereocenters. The largest absolute Gasteiger partial charge is 0.427 e. The van der Waals surface area contributed by atoms with Crippen LogP contribution in [0.4, 0.5) is 11.8 Å². The average molecular weight is 544 g/mol. The number of fused-ring (bicyclic) bond motifs is 1. The molecule has 1 aliphatic heterocycles. The Morgan fingerprint density at radius 1 is 1.41 bits per heavy atom. The first kappa shape index (κ1) is 17.4. The first-order chi connectivity index (χ1) is 9.90. The maximum Gasteiger partial charge on any atom is 0.160 e. The topological polar surface area (TPSA) is 109 Å². The van der Waals surface area contributed by atoms with E-state index in [2.05, 4.69) is 42.0 Å². The summed E-state index contributed by atoms with van der Waals surface area (Å²) in [6.45, 7) is 1.63. The molecule has 111 valence electrons. The molecule has 1 fully saturated rings. The summed E-state index contributed by atoms with van der Waals surface area (Å²) in [5, 5.41) is 14.6. The number of aromatic amines is 1. The van der Waals surface area contributed by atoms with E-state index in [0.29, 0.717) is 6.01 Å². The first-order valence-electron chi connectivity index (χ1n) is 6.25. The van der Waals surface area contributed by atoms with Gasteiger partial charge in [-0.15, -0.1) is 0 Å². The number of H-pyrrole nitrogens is 1. The van der Waals surface area contributed by atoms with Gasteiger partial charge in [0.15, 0.2) is 11.7 Å². The molecule has 2 N–H and O–H groups in total. The predicted molar refractivity (Wildman–Crippen MR) is 69.1 cm³/mol. The molecule has 9 nitrogen and oxygen atoms in total. The van der Waals surface area contributed by atoms with Crippen LogP contribution >= 0.6 is 0 Å². The van der Waals surface area contributed by atoms with E-state index in [1.165, 1.54) is 6.33 Å². The number of hydrogen-bond acceptors (Lipinski definition) is 8. The standard InChI is InChI=1S/C11H11N8O.W.Y/c1-2-19(11-14-6-16-20-11)4-7(1)17-9-8-3-15-18-10(8)13-5-12-9;;/h3,5,7H,1-2,4H2,(H2,12,13,15,17,18);;/q-1;;. The van der Waals surface area contributed by atoms with Crippen molar-refractivity contribution < 1.29 is 58.3 Å². The molecule has 0 spiro atoms. The van der Waals surface area contributed by atoms with Gasteiger partial charge in [0.1, 0.15) is 12.1 Å². The molecular weight excluding hydrogens is 533 g/mol. The molecule has 3 aromatic heterocycles. The van der Waals surface area contributed by atoms with Gasteiger partial charge in [0, 0.05) is 79.2 Å². The molecule has 4 heterocycles. The van der Waals surface area contributed by atoms with E-state index >= 15 is 0 Å². The number of rotatable bonds is 3. The minimum atomic E-state index is 0. The van der Waals surface area contributed by atoms with Gasteiger partial charge in [-0.2, -0.15) is 10.3 Å². The Hall–Kier alpha value is -0.918. The summed E-state index contributed by atoms with van der Waals surface area (Å²) >= 11 is 0. The molecule has 22 heavy (non-hydrogen) atoms. The summed E-state index contributed by atoms with van der Waals surface area (Å²) in [7, 11) is 0. The maximum absolute atomic E-state index is 5.01. The normalized spacial score (nSPS) is 17.1. The van der Waals surface area contributed by atoms with Crippen molar-refractivity contribution in [3.05, 3.63) is 18.9 Å². The van der Waals surface area contributed by atoms with Crippen molar-refractivity contribution in [2.75, 3.05) is 23.3 Å². The second-order valence-corrected chi connectivity index (χ2v) is 4.61. The Balaban J connectivity index is 0.000000882. The first-order valence-corrected chi connectivity index (χ1v) is 6.25. The van der Waals surface area contributed by atoms with Crippen LogP contribution in [0.3, 0.4) is 0 Å². The van der Waals surface area contributed by atoms with Gasteiger partial charge in [0.25, 0.3) is 0 Å². The molecule has 11 heteroatoms. The van der Waals surface area contributed by atoms with E-state index in [-0.39, 0.29) is 59.8 Å². The van der Waals surface area contributed by atoms with Crippen molar-refractivity contribution >= 4 is 22.9 Å². The second kappa shape index (κ2) is 7.57. The van der Waals surface area contributed by atoms with Crippen molar-refractivity contribution in [1.82, 2.24) is 30.3 Å². The average Bonchev–Trinajstić information content (AvgIpc) is 3.20. The van der Waals surface area contributed by atoms with Gasteiger partial charge in [-0.25, -0.2) is 9.97 Å². The zero-order chi connectivity index (χ0) is 13.4. The van der Waals surface area contributed by atoms with Crippen molar-refractivity contribution in [2.45, 2.75) is 12.5 Å². The van der Waals surface area contributed by atoms with Gasteiger partial charge in [-0.3, -0.25) is 5.10 Å². The fourth-order valence-electron chi connectivity index (χ4n) is 2.40. The number of anilines is 2. The third kappa shape index (κ3) is 3.36. The van der Waals surface area contributed by atoms with Crippen molar-refractivity contribution in [3.8, 4) is 0 Å². The molecule has 1 saturated heterocycles. The maximum atomic E-state index is 5.01. The summed E-state index contributed by atoms with van der Waals surface area (Å²) < 4.78 is 5.01. The SMILES string of the molecule is [W].[Y].[c-]1noc(N2CCC(Nc3ncnc4[nH]ncc34)C2)n1. The Kier molecular flexibility index (Phi) is 6.00. The van der Waals surface area contributed by atoms with E-state index in [1.807, 2.05) is 4.90 Å². The number of nitrogens with one attached hydrogen (secondary N) is 2. The Morgan fingerprint density at radius 3 is 3.14 bits per heavy atom. The molecule has 0 aliphatic carbocycles. The van der Waals surface area contributed by atoms with Gasteiger partial charge in [-0.05, 0) is 6.42 Å². The van der Waals surface area contributed by atoms with Gasteiger partial charge < -0.3 is 19.7 Å². The molecule has 0 saturated carbocycles. The summed E-state index contributed by atoms with van der Waals surface area (Å²) in [6.07, 6.45) is 6.63. The van der Waals surface area contributed by atoms with Crippen LogP contribution in [0.1, 0.15) is 6.42 Å². The van der Waals surface area contributed by atoms with Gasteiger partial charge >= 0.3 is 0 Å². The molecule has 0 aromatic carbocycles. The van der Waals surface area contributed by atoms with Gasteiger partial charge in [0.05, 0.1) is 11.6 Å². The zero-order valence-electron chi connectivity index (χ0n) is 11.4. The second-order valence-electron chi connectivity index (χ2n) is 4.61. The third-order valence-corrected chi connectivity index (χ3v) is 3.36. The smallest absolute Gasteiger partial charge is 0.160 e. The summed E-state index contributed by atoms with van der Waals surface area (Å²) in [6, 6.07) is 0.764. The summed E-state index contributed by atoms with van der Waals surface area (Å²) in [5.41, 5.74) is 0.726. The fourth-order valence-corrected chi connectivity index (χ4v) is 2.40. The van der Waals surface area contributed by atoms with Crippen LogP contribution in [0.5, 0.6) is 0 Å². The number of nitrogens with zero attached hydrogens (tertiary/aromatic N) is 6. The number of hydrogen-bond donors (Lipinski definition) is 2. The van der Waals surface area contributed by atoms with Crippen LogP contribution < -0.4 is 10.2 Å². The van der Waals surface area contributed by atoms with Crippen molar-refractivity contribution in [3.63, 3.8) is 0 Å². The van der Waals surface area contributed by atoms with E-state index < -0.39 is 0 Å². The van der Waals surface area contributed by atoms with Crippen molar-refractivity contribution in [1.29, 1.82) is 0 Å². The molecule has 0 amide bonds. The molecule has 0 bridgehead atoms. The van der Waals surface area contributed by atoms with E-state index in [0.717, 1.165) is 36.4 Å². The summed E-state index contributed by atoms with van der Waals surface area (Å²) in [5.74, 6) is 0.785. The Bertz CT molecular complexity index is 720. The van der Waals surface area contributed by atoms with Crippen LogP contribution in [0.2, 0.25) is 0 Å². The van der Waals surface area contributed by atoms with E-state index in [1.54, 1.807) is 6.20 Å².